The highest BCUT2D eigenvalue weighted by molar-refractivity contribution is 7.17. The van der Waals surface area contributed by atoms with Gasteiger partial charge in [-0.2, -0.15) is 0 Å². The normalized spacial score (nSPS) is 35.5. The standard InChI is InChI=1S/C9H18NO4P/c1-10-7(12)3-5-6(4-11)14-9(15)8(5)13-2/h5-6,8-9,11H,3-4,15H2,1-2H3,(H,10,12). The first-order valence-corrected chi connectivity index (χ1v) is 5.56. The number of aliphatic hydroxyl groups excluding tert-OH is 1. The molecule has 0 aromatic heterocycles. The summed E-state index contributed by atoms with van der Waals surface area (Å²) in [4.78, 5) is 11.3. The molecule has 0 aromatic carbocycles. The summed E-state index contributed by atoms with van der Waals surface area (Å²) >= 11 is 0. The molecule has 1 rings (SSSR count). The SMILES string of the molecule is CNC(=O)CC1C(CO)OC(P)C1OC. The molecule has 5 nitrogen and oxygen atoms in total. The molecule has 1 heterocycles. The molecule has 1 aliphatic rings. The molecule has 1 aliphatic heterocycles. The van der Waals surface area contributed by atoms with Crippen molar-refractivity contribution < 1.29 is 19.4 Å². The molecule has 0 spiro atoms. The number of ether oxygens (including phenoxy) is 2. The predicted molar refractivity (Wildman–Crippen MR) is 58.4 cm³/mol. The molecule has 15 heavy (non-hydrogen) atoms. The van der Waals surface area contributed by atoms with Crippen LogP contribution in [-0.2, 0) is 14.3 Å². The number of aliphatic hydroxyl groups is 1. The lowest BCUT2D eigenvalue weighted by Crippen LogP contribution is -2.34. The third kappa shape index (κ3) is 2.88. The van der Waals surface area contributed by atoms with Gasteiger partial charge in [-0.25, -0.2) is 0 Å². The van der Waals surface area contributed by atoms with Gasteiger partial charge in [0, 0.05) is 26.5 Å². The van der Waals surface area contributed by atoms with E-state index < -0.39 is 0 Å². The van der Waals surface area contributed by atoms with Crippen molar-refractivity contribution in [3.05, 3.63) is 0 Å². The van der Waals surface area contributed by atoms with Crippen LogP contribution in [0.3, 0.4) is 0 Å². The fourth-order valence-electron chi connectivity index (χ4n) is 1.89. The molecule has 1 amide bonds. The third-order valence-electron chi connectivity index (χ3n) is 2.71. The Morgan fingerprint density at radius 1 is 1.67 bits per heavy atom. The Labute approximate surface area is 91.7 Å². The van der Waals surface area contributed by atoms with Crippen molar-refractivity contribution in [3.63, 3.8) is 0 Å². The first kappa shape index (κ1) is 12.8. The highest BCUT2D eigenvalue weighted by Crippen LogP contribution is 2.34. The summed E-state index contributed by atoms with van der Waals surface area (Å²) in [6, 6.07) is 0. The maximum atomic E-state index is 11.3. The van der Waals surface area contributed by atoms with Crippen molar-refractivity contribution in [2.24, 2.45) is 5.92 Å². The van der Waals surface area contributed by atoms with Crippen molar-refractivity contribution in [3.8, 4) is 0 Å². The quantitative estimate of drug-likeness (QED) is 0.635. The van der Waals surface area contributed by atoms with Crippen molar-refractivity contribution in [1.29, 1.82) is 0 Å². The number of hydrogen-bond acceptors (Lipinski definition) is 4. The predicted octanol–water partition coefficient (Wildman–Crippen LogP) is -0.654. The first-order valence-electron chi connectivity index (χ1n) is 4.89. The summed E-state index contributed by atoms with van der Waals surface area (Å²) in [6.45, 7) is -0.0909. The van der Waals surface area contributed by atoms with Gasteiger partial charge >= 0.3 is 0 Å². The molecule has 6 heteroatoms. The lowest BCUT2D eigenvalue weighted by atomic mass is 9.95. The van der Waals surface area contributed by atoms with Crippen LogP contribution in [0.15, 0.2) is 0 Å². The average molecular weight is 235 g/mol. The number of methoxy groups -OCH3 is 1. The highest BCUT2D eigenvalue weighted by Gasteiger charge is 2.43. The Morgan fingerprint density at radius 3 is 2.80 bits per heavy atom. The molecule has 5 atom stereocenters. The number of hydrogen-bond donors (Lipinski definition) is 2. The Hall–Kier alpha value is -0.220. The van der Waals surface area contributed by atoms with Gasteiger partial charge in [-0.15, -0.1) is 9.24 Å². The van der Waals surface area contributed by atoms with Gasteiger partial charge in [0.15, 0.2) is 0 Å². The molecular formula is C9H18NO4P. The van der Waals surface area contributed by atoms with Crippen molar-refractivity contribution in [1.82, 2.24) is 5.32 Å². The summed E-state index contributed by atoms with van der Waals surface area (Å²) in [7, 11) is 5.69. The van der Waals surface area contributed by atoms with Crippen LogP contribution in [0.25, 0.3) is 0 Å². The molecule has 5 unspecified atom stereocenters. The smallest absolute Gasteiger partial charge is 0.220 e. The van der Waals surface area contributed by atoms with Crippen LogP contribution in [0.1, 0.15) is 6.42 Å². The third-order valence-corrected chi connectivity index (χ3v) is 3.24. The van der Waals surface area contributed by atoms with Gasteiger partial charge in [-0.1, -0.05) is 0 Å². The number of rotatable bonds is 4. The minimum Gasteiger partial charge on any atom is -0.394 e. The van der Waals surface area contributed by atoms with Crippen molar-refractivity contribution in [2.45, 2.75) is 24.5 Å². The largest absolute Gasteiger partial charge is 0.394 e. The van der Waals surface area contributed by atoms with Crippen LogP contribution in [0.5, 0.6) is 0 Å². The number of amides is 1. The van der Waals surface area contributed by atoms with Gasteiger partial charge in [0.1, 0.15) is 0 Å². The van der Waals surface area contributed by atoms with Crippen LogP contribution in [-0.4, -0.2) is 49.8 Å². The number of carbonyl (C=O) groups excluding carboxylic acids is 1. The van der Waals surface area contributed by atoms with Gasteiger partial charge in [0.05, 0.1) is 24.7 Å². The fraction of sp³-hybridized carbons (Fsp3) is 0.889. The highest BCUT2D eigenvalue weighted by atomic mass is 31.0. The van der Waals surface area contributed by atoms with Crippen LogP contribution < -0.4 is 5.32 Å². The molecule has 1 saturated heterocycles. The van der Waals surface area contributed by atoms with E-state index in [1.54, 1.807) is 14.2 Å². The summed E-state index contributed by atoms with van der Waals surface area (Å²) in [5.74, 6) is -0.326. The second-order valence-electron chi connectivity index (χ2n) is 3.56. The second kappa shape index (κ2) is 5.75. The number of nitrogens with one attached hydrogen (secondary N) is 1. The Bertz CT molecular complexity index is 226. The van der Waals surface area contributed by atoms with E-state index in [-0.39, 0.29) is 36.5 Å². The molecule has 1 fully saturated rings. The minimum atomic E-state index is -0.324. The molecule has 0 radical (unpaired) electrons. The second-order valence-corrected chi connectivity index (χ2v) is 4.22. The summed E-state index contributed by atoms with van der Waals surface area (Å²) in [5, 5.41) is 11.7. The van der Waals surface area contributed by atoms with Gasteiger partial charge < -0.3 is 19.9 Å². The molecule has 0 aromatic rings. The van der Waals surface area contributed by atoms with E-state index in [1.807, 2.05) is 0 Å². The molecule has 0 saturated carbocycles. The Morgan fingerprint density at radius 2 is 2.33 bits per heavy atom. The molecule has 0 bridgehead atoms. The maximum absolute atomic E-state index is 11.3. The number of carbonyl (C=O) groups is 1. The maximum Gasteiger partial charge on any atom is 0.220 e. The Balaban J connectivity index is 2.66. The monoisotopic (exact) mass is 235 g/mol. The van der Waals surface area contributed by atoms with E-state index in [2.05, 4.69) is 14.6 Å². The lowest BCUT2D eigenvalue weighted by Gasteiger charge is -2.20. The summed E-state index contributed by atoms with van der Waals surface area (Å²) in [6.07, 6.45) is -0.176. The summed E-state index contributed by atoms with van der Waals surface area (Å²) < 4.78 is 10.8. The zero-order valence-electron chi connectivity index (χ0n) is 8.97. The van der Waals surface area contributed by atoms with Gasteiger partial charge in [-0.3, -0.25) is 4.79 Å². The lowest BCUT2D eigenvalue weighted by molar-refractivity contribution is -0.122. The first-order chi connectivity index (χ1) is 7.13. The van der Waals surface area contributed by atoms with Crippen molar-refractivity contribution >= 4 is 15.1 Å². The van der Waals surface area contributed by atoms with E-state index in [0.717, 1.165) is 0 Å². The zero-order chi connectivity index (χ0) is 11.4. The van der Waals surface area contributed by atoms with Crippen LogP contribution >= 0.6 is 9.24 Å². The molecule has 2 N–H and O–H groups in total. The van der Waals surface area contributed by atoms with Crippen molar-refractivity contribution in [2.75, 3.05) is 20.8 Å². The van der Waals surface area contributed by atoms with Gasteiger partial charge in [0.25, 0.3) is 0 Å². The van der Waals surface area contributed by atoms with E-state index >= 15 is 0 Å². The Kier molecular flexibility index (Phi) is 4.93. The minimum absolute atomic E-state index is 0.0665. The van der Waals surface area contributed by atoms with E-state index in [0.29, 0.717) is 6.42 Å². The van der Waals surface area contributed by atoms with Crippen LogP contribution in [0.2, 0.25) is 0 Å². The topological polar surface area (TPSA) is 67.8 Å². The average Bonchev–Trinajstić information content (AvgIpc) is 2.54. The van der Waals surface area contributed by atoms with Crippen LogP contribution in [0.4, 0.5) is 0 Å². The van der Waals surface area contributed by atoms with Gasteiger partial charge in [-0.05, 0) is 0 Å². The molecule has 88 valence electrons. The van der Waals surface area contributed by atoms with Gasteiger partial charge in [0.2, 0.25) is 5.91 Å². The fourth-order valence-corrected chi connectivity index (χ4v) is 2.53. The van der Waals surface area contributed by atoms with Crippen LogP contribution in [0, 0.1) is 5.92 Å². The molecular weight excluding hydrogens is 217 g/mol. The van der Waals surface area contributed by atoms with E-state index in [4.69, 9.17) is 14.6 Å². The summed E-state index contributed by atoms with van der Waals surface area (Å²) in [5.41, 5.74) is 0. The van der Waals surface area contributed by atoms with E-state index in [1.165, 1.54) is 0 Å². The van der Waals surface area contributed by atoms with E-state index in [9.17, 15) is 4.79 Å². The zero-order valence-corrected chi connectivity index (χ0v) is 10.1. The molecule has 0 aliphatic carbocycles.